The molecule has 0 aromatic heterocycles. The van der Waals surface area contributed by atoms with E-state index in [1.165, 1.54) is 12.1 Å². The number of aryl methyl sites for hydroxylation is 1. The Balaban J connectivity index is 1.97. The number of hydrogen-bond donors (Lipinski definition) is 2. The molecule has 0 saturated carbocycles. The maximum atomic E-state index is 13.0. The molecular formula is C29H33F3N2O2. The van der Waals surface area contributed by atoms with Gasteiger partial charge in [-0.1, -0.05) is 55.1 Å². The van der Waals surface area contributed by atoms with Crippen LogP contribution in [0, 0.1) is 0 Å². The third kappa shape index (κ3) is 6.21. The molecule has 0 aliphatic carbocycles. The van der Waals surface area contributed by atoms with Gasteiger partial charge in [0.15, 0.2) is 11.5 Å². The van der Waals surface area contributed by atoms with Crippen LogP contribution in [0.25, 0.3) is 0 Å². The predicted octanol–water partition coefficient (Wildman–Crippen LogP) is 6.63. The minimum atomic E-state index is -4.35. The lowest BCUT2D eigenvalue weighted by atomic mass is 9.86. The highest BCUT2D eigenvalue weighted by molar-refractivity contribution is 5.44. The Bertz CT molecular complexity index is 1150. The molecule has 36 heavy (non-hydrogen) atoms. The van der Waals surface area contributed by atoms with Gasteiger partial charge in [-0.3, -0.25) is 5.32 Å². The Morgan fingerprint density at radius 3 is 2.08 bits per heavy atom. The minimum absolute atomic E-state index is 0.178. The molecule has 0 radical (unpaired) electrons. The van der Waals surface area contributed by atoms with E-state index in [-0.39, 0.29) is 6.04 Å². The van der Waals surface area contributed by atoms with Gasteiger partial charge in [-0.2, -0.15) is 13.2 Å². The van der Waals surface area contributed by atoms with Crippen molar-refractivity contribution in [2.75, 3.05) is 21.3 Å². The van der Waals surface area contributed by atoms with Crippen LogP contribution in [0.3, 0.4) is 0 Å². The zero-order valence-corrected chi connectivity index (χ0v) is 21.1. The number of ether oxygens (including phenoxy) is 2. The first-order valence-electron chi connectivity index (χ1n) is 11.7. The van der Waals surface area contributed by atoms with Gasteiger partial charge in [-0.25, -0.2) is 0 Å². The zero-order valence-electron chi connectivity index (χ0n) is 21.1. The molecule has 0 saturated heterocycles. The monoisotopic (exact) mass is 498 g/mol. The summed E-state index contributed by atoms with van der Waals surface area (Å²) in [5, 5.41) is 6.96. The van der Waals surface area contributed by atoms with Crippen LogP contribution in [0.2, 0.25) is 0 Å². The highest BCUT2D eigenvalue weighted by Crippen LogP contribution is 2.36. The number of halogens is 3. The molecule has 3 rings (SSSR count). The number of benzene rings is 3. The molecular weight excluding hydrogens is 465 g/mol. The molecule has 2 atom stereocenters. The molecule has 3 aromatic carbocycles. The van der Waals surface area contributed by atoms with Gasteiger partial charge >= 0.3 is 6.18 Å². The van der Waals surface area contributed by atoms with Gasteiger partial charge in [-0.05, 0) is 60.7 Å². The fourth-order valence-corrected chi connectivity index (χ4v) is 4.28. The number of hydrogen-bond acceptors (Lipinski definition) is 4. The second kappa shape index (κ2) is 11.5. The Morgan fingerprint density at radius 1 is 0.889 bits per heavy atom. The third-order valence-corrected chi connectivity index (χ3v) is 6.53. The summed E-state index contributed by atoms with van der Waals surface area (Å²) in [6.45, 7) is 6.32. The summed E-state index contributed by atoms with van der Waals surface area (Å²) < 4.78 is 49.9. The highest BCUT2D eigenvalue weighted by Gasteiger charge is 2.33. The highest BCUT2D eigenvalue weighted by atomic mass is 19.4. The molecule has 0 bridgehead atoms. The molecule has 192 valence electrons. The molecule has 3 aromatic rings. The Hall–Kier alpha value is -3.45. The van der Waals surface area contributed by atoms with Crippen molar-refractivity contribution in [3.8, 4) is 11.5 Å². The van der Waals surface area contributed by atoms with Crippen LogP contribution in [0.5, 0.6) is 11.5 Å². The van der Waals surface area contributed by atoms with Crippen molar-refractivity contribution in [2.24, 2.45) is 0 Å². The minimum Gasteiger partial charge on any atom is -0.493 e. The average Bonchev–Trinajstić information content (AvgIpc) is 2.90. The van der Waals surface area contributed by atoms with Crippen molar-refractivity contribution in [2.45, 2.75) is 37.5 Å². The fourth-order valence-electron chi connectivity index (χ4n) is 4.28. The van der Waals surface area contributed by atoms with E-state index in [9.17, 15) is 13.2 Å². The van der Waals surface area contributed by atoms with Crippen LogP contribution in [0.4, 0.5) is 13.2 Å². The number of likely N-dealkylation sites (N-methyl/N-ethyl adjacent to an activating group) is 1. The van der Waals surface area contributed by atoms with E-state index in [2.05, 4.69) is 24.1 Å². The lowest BCUT2D eigenvalue weighted by Gasteiger charge is -2.38. The average molecular weight is 499 g/mol. The maximum absolute atomic E-state index is 13.0. The third-order valence-electron chi connectivity index (χ3n) is 6.53. The molecule has 0 amide bonds. The summed E-state index contributed by atoms with van der Waals surface area (Å²) in [5.74, 6) is 1.22. The van der Waals surface area contributed by atoms with E-state index in [0.717, 1.165) is 34.5 Å². The van der Waals surface area contributed by atoms with E-state index in [4.69, 9.17) is 9.47 Å². The van der Waals surface area contributed by atoms with Crippen LogP contribution in [-0.4, -0.2) is 21.3 Å². The van der Waals surface area contributed by atoms with E-state index >= 15 is 0 Å². The number of alkyl halides is 3. The Kier molecular flexibility index (Phi) is 8.69. The molecule has 0 aliphatic heterocycles. The maximum Gasteiger partial charge on any atom is 0.416 e. The van der Waals surface area contributed by atoms with Gasteiger partial charge in [0, 0.05) is 18.8 Å². The quantitative estimate of drug-likeness (QED) is 0.311. The summed E-state index contributed by atoms with van der Waals surface area (Å²) in [7, 11) is 5.00. The van der Waals surface area contributed by atoms with Crippen molar-refractivity contribution in [3.05, 3.63) is 107 Å². The summed E-state index contributed by atoms with van der Waals surface area (Å²) in [6.07, 6.45) is -3.16. The molecule has 0 spiro atoms. The van der Waals surface area contributed by atoms with Crippen molar-refractivity contribution in [3.63, 3.8) is 0 Å². The van der Waals surface area contributed by atoms with Gasteiger partial charge in [-0.15, -0.1) is 0 Å². The molecule has 0 aliphatic rings. The van der Waals surface area contributed by atoms with E-state index in [1.807, 2.05) is 55.6 Å². The summed E-state index contributed by atoms with van der Waals surface area (Å²) in [5.41, 5.74) is 2.32. The van der Waals surface area contributed by atoms with Gasteiger partial charge in [0.2, 0.25) is 0 Å². The summed E-state index contributed by atoms with van der Waals surface area (Å²) in [6, 6.07) is 20.9. The lowest BCUT2D eigenvalue weighted by molar-refractivity contribution is -0.137. The molecule has 4 nitrogen and oxygen atoms in total. The Labute approximate surface area is 211 Å². The van der Waals surface area contributed by atoms with E-state index < -0.39 is 17.3 Å². The van der Waals surface area contributed by atoms with Gasteiger partial charge in [0.05, 0.1) is 25.3 Å². The number of nitrogens with one attached hydrogen (secondary N) is 2. The lowest BCUT2D eigenvalue weighted by Crippen LogP contribution is -2.46. The number of methoxy groups -OCH3 is 2. The second-order valence-electron chi connectivity index (χ2n) is 8.76. The first kappa shape index (κ1) is 27.1. The van der Waals surface area contributed by atoms with Crippen molar-refractivity contribution in [1.29, 1.82) is 0 Å². The first-order valence-corrected chi connectivity index (χ1v) is 11.7. The van der Waals surface area contributed by atoms with Gasteiger partial charge in [0.25, 0.3) is 0 Å². The first-order chi connectivity index (χ1) is 17.1. The van der Waals surface area contributed by atoms with E-state index in [0.29, 0.717) is 24.3 Å². The van der Waals surface area contributed by atoms with Crippen LogP contribution in [0.15, 0.2) is 85.1 Å². The largest absolute Gasteiger partial charge is 0.493 e. The van der Waals surface area contributed by atoms with Gasteiger partial charge < -0.3 is 14.8 Å². The fraction of sp³-hybridized carbons (Fsp3) is 0.310. The van der Waals surface area contributed by atoms with Crippen LogP contribution in [0.1, 0.15) is 41.6 Å². The van der Waals surface area contributed by atoms with Gasteiger partial charge in [0.1, 0.15) is 0 Å². The van der Waals surface area contributed by atoms with Crippen LogP contribution in [-0.2, 0) is 18.1 Å². The van der Waals surface area contributed by atoms with Crippen molar-refractivity contribution >= 4 is 0 Å². The van der Waals surface area contributed by atoms with Crippen LogP contribution < -0.4 is 20.1 Å². The molecule has 2 N–H and O–H groups in total. The van der Waals surface area contributed by atoms with Crippen molar-refractivity contribution < 1.29 is 22.6 Å². The van der Waals surface area contributed by atoms with Crippen LogP contribution >= 0.6 is 0 Å². The molecule has 0 unspecified atom stereocenters. The summed E-state index contributed by atoms with van der Waals surface area (Å²) in [4.78, 5) is 0. The normalized spacial score (nSPS) is 14.0. The molecule has 0 fully saturated rings. The van der Waals surface area contributed by atoms with Crippen molar-refractivity contribution in [1.82, 2.24) is 10.6 Å². The number of rotatable bonds is 11. The second-order valence-corrected chi connectivity index (χ2v) is 8.76. The predicted molar refractivity (Wildman–Crippen MR) is 137 cm³/mol. The SMILES string of the molecule is C=C(NC)[C@@](C)(N[C@@H](CCc1ccc(C(F)(F)F)cc1)c1ccc(OC)c(OC)c1)c1ccccc1. The standard InChI is InChI=1S/C29H33F3N2O2/c1-20(33-3)28(2,23-9-7-6-8-10-23)34-25(22-14-18-26(35-4)27(19-22)36-5)17-13-21-11-15-24(16-12-21)29(30,31)32/h6-12,14-16,18-19,25,33-34H,1,13,17H2,2-5H3/t25-,28+/m0/s1. The smallest absolute Gasteiger partial charge is 0.416 e. The summed E-state index contributed by atoms with van der Waals surface area (Å²) >= 11 is 0. The zero-order chi connectivity index (χ0) is 26.3. The topological polar surface area (TPSA) is 42.5 Å². The molecule has 7 heteroatoms. The molecule has 0 heterocycles. The van der Waals surface area contributed by atoms with E-state index in [1.54, 1.807) is 14.2 Å². The Morgan fingerprint density at radius 2 is 1.53 bits per heavy atom.